The zero-order chi connectivity index (χ0) is 27.6. The zero-order valence-electron chi connectivity index (χ0n) is 23.2. The topological polar surface area (TPSA) is 58.2 Å². The fourth-order valence-electron chi connectivity index (χ4n) is 7.97. The summed E-state index contributed by atoms with van der Waals surface area (Å²) in [5.74, 6) is 1.27. The smallest absolute Gasteiger partial charge is 0.224 e. The van der Waals surface area contributed by atoms with Crippen molar-refractivity contribution >= 4 is 11.7 Å². The monoisotopic (exact) mass is 536 g/mol. The van der Waals surface area contributed by atoms with Crippen LogP contribution in [0.15, 0.2) is 48.5 Å². The molecule has 2 N–H and O–H groups in total. The van der Waals surface area contributed by atoms with Crippen LogP contribution in [0.5, 0.6) is 0 Å². The largest absolute Gasteiger partial charge is 0.345 e. The van der Waals surface area contributed by atoms with Crippen molar-refractivity contribution in [1.29, 1.82) is 0 Å². The van der Waals surface area contributed by atoms with Gasteiger partial charge in [0, 0.05) is 24.8 Å². The van der Waals surface area contributed by atoms with Crippen LogP contribution in [-0.4, -0.2) is 24.3 Å². The number of unbranched alkanes of at least 4 members (excludes halogenated alkanes) is 1. The number of hydrogen-bond donors (Lipinski definition) is 2. The third-order valence-electron chi connectivity index (χ3n) is 10.1. The molecular weight excluding hydrogens is 494 g/mol. The number of benzene rings is 2. The highest BCUT2D eigenvalue weighted by atomic mass is 19.1. The molecule has 2 aromatic carbocycles. The third kappa shape index (κ3) is 5.96. The molecule has 5 rings (SSSR count). The Balaban J connectivity index is 1.28. The van der Waals surface area contributed by atoms with Crippen molar-refractivity contribution in [1.82, 2.24) is 10.6 Å². The zero-order valence-corrected chi connectivity index (χ0v) is 23.2. The number of carbonyl (C=O) groups is 2. The number of hydrogen-bond acceptors (Lipinski definition) is 3. The lowest BCUT2D eigenvalue weighted by molar-refractivity contribution is -0.131. The van der Waals surface area contributed by atoms with Crippen molar-refractivity contribution < 1.29 is 18.4 Å². The minimum Gasteiger partial charge on any atom is -0.345 e. The first-order valence-electron chi connectivity index (χ1n) is 14.8. The Morgan fingerprint density at radius 3 is 2.26 bits per heavy atom. The summed E-state index contributed by atoms with van der Waals surface area (Å²) in [5.41, 5.74) is 1.47. The van der Waals surface area contributed by atoms with E-state index in [1.807, 2.05) is 0 Å². The maximum absolute atomic E-state index is 13.9. The molecule has 1 amide bonds. The number of piperidine rings is 1. The molecule has 3 fully saturated rings. The molecule has 0 bridgehead atoms. The van der Waals surface area contributed by atoms with Gasteiger partial charge in [-0.3, -0.25) is 9.59 Å². The number of Topliss-reactive ketones (excluding diaryl/α,β-unsaturated/α-hetero) is 1. The van der Waals surface area contributed by atoms with Gasteiger partial charge in [-0.25, -0.2) is 8.78 Å². The van der Waals surface area contributed by atoms with Crippen molar-refractivity contribution in [2.24, 2.45) is 29.1 Å². The average Bonchev–Trinajstić information content (AvgIpc) is 3.29. The molecule has 0 radical (unpaired) electrons. The number of ketones is 1. The van der Waals surface area contributed by atoms with E-state index in [1.165, 1.54) is 24.3 Å². The Morgan fingerprint density at radius 2 is 1.64 bits per heavy atom. The first-order chi connectivity index (χ1) is 18.8. The van der Waals surface area contributed by atoms with Crippen molar-refractivity contribution in [3.63, 3.8) is 0 Å². The van der Waals surface area contributed by atoms with E-state index < -0.39 is 6.04 Å². The number of fused-ring (bicyclic) bond motifs is 3. The van der Waals surface area contributed by atoms with Crippen LogP contribution in [0.2, 0.25) is 0 Å². The minimum absolute atomic E-state index is 0.0280. The predicted molar refractivity (Wildman–Crippen MR) is 149 cm³/mol. The standard InChI is InChI=1S/C33H42F2N2O2/c1-3-4-5-27(38)19-26-18-23-16-17-33(2)29(28(23)20-36-26)14-15-30(33)32(39)37-31(21-6-10-24(34)11-7-21)22-8-12-25(35)13-9-22/h6-13,23,26,28-31,36H,3-5,14-20H2,1-2H3,(H,37,39)/t23?,26?,28?,29?,30?,33-/m0/s1. The van der Waals surface area contributed by atoms with Crippen molar-refractivity contribution in [2.75, 3.05) is 6.54 Å². The van der Waals surface area contributed by atoms with Gasteiger partial charge in [-0.2, -0.15) is 0 Å². The quantitative estimate of drug-likeness (QED) is 0.373. The molecule has 5 unspecified atom stereocenters. The molecule has 1 heterocycles. The minimum atomic E-state index is -0.472. The van der Waals surface area contributed by atoms with Gasteiger partial charge in [0.05, 0.1) is 6.04 Å². The lowest BCUT2D eigenvalue weighted by Gasteiger charge is -2.51. The molecule has 6 atom stereocenters. The van der Waals surface area contributed by atoms with E-state index in [0.29, 0.717) is 36.4 Å². The van der Waals surface area contributed by atoms with Gasteiger partial charge in [0.15, 0.2) is 0 Å². The second-order valence-corrected chi connectivity index (χ2v) is 12.4. The van der Waals surface area contributed by atoms with Crippen LogP contribution in [0.4, 0.5) is 8.78 Å². The number of rotatable bonds is 9. The summed E-state index contributed by atoms with van der Waals surface area (Å²) in [5, 5.41) is 6.97. The van der Waals surface area contributed by atoms with Crippen LogP contribution in [-0.2, 0) is 9.59 Å². The summed E-state index contributed by atoms with van der Waals surface area (Å²) in [4.78, 5) is 26.3. The summed E-state index contributed by atoms with van der Waals surface area (Å²) >= 11 is 0. The molecule has 1 saturated heterocycles. The highest BCUT2D eigenvalue weighted by molar-refractivity contribution is 5.81. The van der Waals surface area contributed by atoms with E-state index in [2.05, 4.69) is 24.5 Å². The Hall–Kier alpha value is -2.60. The lowest BCUT2D eigenvalue weighted by atomic mass is 9.56. The molecular formula is C33H42F2N2O2. The number of carbonyl (C=O) groups excluding carboxylic acids is 2. The Labute approximate surface area is 231 Å². The van der Waals surface area contributed by atoms with Crippen LogP contribution >= 0.6 is 0 Å². The number of halogens is 2. The molecule has 3 aliphatic rings. The molecule has 2 aromatic rings. The molecule has 2 aliphatic carbocycles. The maximum atomic E-state index is 13.9. The summed E-state index contributed by atoms with van der Waals surface area (Å²) in [6.07, 6.45) is 8.44. The van der Waals surface area contributed by atoms with E-state index >= 15 is 0 Å². The molecule has 39 heavy (non-hydrogen) atoms. The third-order valence-corrected chi connectivity index (χ3v) is 10.1. The van der Waals surface area contributed by atoms with E-state index in [9.17, 15) is 18.4 Å². The number of nitrogens with one attached hydrogen (secondary N) is 2. The fourth-order valence-corrected chi connectivity index (χ4v) is 7.97. The molecule has 2 saturated carbocycles. The van der Waals surface area contributed by atoms with Crippen molar-refractivity contribution in [3.05, 3.63) is 71.3 Å². The van der Waals surface area contributed by atoms with Gasteiger partial charge in [-0.05, 0) is 104 Å². The second kappa shape index (κ2) is 11.9. The van der Waals surface area contributed by atoms with Gasteiger partial charge in [0.1, 0.15) is 17.4 Å². The van der Waals surface area contributed by atoms with Gasteiger partial charge in [0.2, 0.25) is 5.91 Å². The normalized spacial score (nSPS) is 30.0. The van der Waals surface area contributed by atoms with Crippen molar-refractivity contribution in [3.8, 4) is 0 Å². The van der Waals surface area contributed by atoms with E-state index in [4.69, 9.17) is 0 Å². The van der Waals surface area contributed by atoms with Crippen LogP contribution < -0.4 is 10.6 Å². The van der Waals surface area contributed by atoms with Crippen LogP contribution in [0.3, 0.4) is 0 Å². The fraction of sp³-hybridized carbons (Fsp3) is 0.576. The summed E-state index contributed by atoms with van der Waals surface area (Å²) in [7, 11) is 0. The molecule has 6 heteroatoms. The predicted octanol–water partition coefficient (Wildman–Crippen LogP) is 6.74. The summed E-state index contributed by atoms with van der Waals surface area (Å²) in [6.45, 7) is 5.35. The van der Waals surface area contributed by atoms with Crippen LogP contribution in [0.25, 0.3) is 0 Å². The van der Waals surface area contributed by atoms with E-state index in [-0.39, 0.29) is 34.9 Å². The van der Waals surface area contributed by atoms with Crippen molar-refractivity contribution in [2.45, 2.75) is 83.7 Å². The van der Waals surface area contributed by atoms with Gasteiger partial charge in [-0.15, -0.1) is 0 Å². The molecule has 0 aromatic heterocycles. The molecule has 1 aliphatic heterocycles. The van der Waals surface area contributed by atoms with E-state index in [0.717, 1.165) is 62.6 Å². The molecule has 0 spiro atoms. The van der Waals surface area contributed by atoms with Crippen LogP contribution in [0, 0.1) is 40.7 Å². The summed E-state index contributed by atoms with van der Waals surface area (Å²) in [6, 6.07) is 12.1. The number of amides is 1. The lowest BCUT2D eigenvalue weighted by Crippen LogP contribution is -2.53. The molecule has 4 nitrogen and oxygen atoms in total. The first kappa shape index (κ1) is 27.9. The molecule has 210 valence electrons. The highest BCUT2D eigenvalue weighted by Crippen LogP contribution is 2.60. The Bertz CT molecular complexity index is 1110. The van der Waals surface area contributed by atoms with Gasteiger partial charge < -0.3 is 10.6 Å². The van der Waals surface area contributed by atoms with Gasteiger partial charge >= 0.3 is 0 Å². The van der Waals surface area contributed by atoms with Gasteiger partial charge in [-0.1, -0.05) is 44.5 Å². The maximum Gasteiger partial charge on any atom is 0.224 e. The van der Waals surface area contributed by atoms with E-state index in [1.54, 1.807) is 24.3 Å². The Morgan fingerprint density at radius 1 is 1.00 bits per heavy atom. The highest BCUT2D eigenvalue weighted by Gasteiger charge is 2.56. The first-order valence-corrected chi connectivity index (χ1v) is 14.8. The Kier molecular flexibility index (Phi) is 8.51. The second-order valence-electron chi connectivity index (χ2n) is 12.4. The van der Waals surface area contributed by atoms with Gasteiger partial charge in [0.25, 0.3) is 0 Å². The van der Waals surface area contributed by atoms with Crippen LogP contribution in [0.1, 0.15) is 88.8 Å². The average molecular weight is 537 g/mol. The SMILES string of the molecule is CCCCC(=O)CC1CC2CC[C@]3(C)C(C(=O)NC(c4ccc(F)cc4)c4ccc(F)cc4)CCC3C2CN1. The summed E-state index contributed by atoms with van der Waals surface area (Å²) < 4.78 is 27.3.